The van der Waals surface area contributed by atoms with E-state index in [4.69, 9.17) is 4.74 Å². The van der Waals surface area contributed by atoms with E-state index in [0.29, 0.717) is 4.90 Å². The van der Waals surface area contributed by atoms with Gasteiger partial charge in [0.25, 0.3) is 0 Å². The maximum Gasteiger partial charge on any atom is 0.407 e. The lowest BCUT2D eigenvalue weighted by atomic mass is 10.0. The van der Waals surface area contributed by atoms with Gasteiger partial charge in [0.05, 0.1) is 28.7 Å². The molecule has 2 aromatic rings. The number of hydrogen-bond acceptors (Lipinski definition) is 4. The van der Waals surface area contributed by atoms with Gasteiger partial charge in [-0.25, -0.2) is 4.79 Å². The van der Waals surface area contributed by atoms with Gasteiger partial charge in [0.2, 0.25) is 0 Å². The van der Waals surface area contributed by atoms with Crippen LogP contribution in [0.4, 0.5) is 4.79 Å². The molecule has 0 aromatic heterocycles. The summed E-state index contributed by atoms with van der Waals surface area (Å²) in [5.41, 5.74) is 1.97. The quantitative estimate of drug-likeness (QED) is 0.268. The number of halogens is 1. The number of carbonyl (C=O) groups excluding carboxylic acids is 1. The average Bonchev–Trinajstić information content (AvgIpc) is 2.79. The van der Waals surface area contributed by atoms with Crippen LogP contribution in [-0.2, 0) is 22.1 Å². The first-order valence-corrected chi connectivity index (χ1v) is 13.4. The molecule has 2 rings (SSSR count). The highest BCUT2D eigenvalue weighted by molar-refractivity contribution is 9.09. The molecule has 2 aromatic carbocycles. The van der Waals surface area contributed by atoms with E-state index < -0.39 is 29.0 Å². The van der Waals surface area contributed by atoms with Crippen molar-refractivity contribution in [3.8, 4) is 0 Å². The number of aliphatic hydroxyl groups is 1. The van der Waals surface area contributed by atoms with E-state index in [1.807, 2.05) is 61.5 Å². The standard InChI is InChI=1S/C25H34BrNO4S/c1-3-4-5-9-12-22(26)24(27-25(29)31-17-20-10-7-6-8-11-20)23(28)18-32(30)21-15-13-19(2)14-16-21/h6-8,10-11,13-16,22-24,28H,3-5,9,12,17-18H2,1-2H3,(H,27,29)/t22-,23-,24-,32+/m1/s1. The second-order valence-corrected chi connectivity index (χ2v) is 10.7. The molecule has 0 bridgehead atoms. The highest BCUT2D eigenvalue weighted by Crippen LogP contribution is 2.20. The van der Waals surface area contributed by atoms with Gasteiger partial charge in [-0.05, 0) is 31.0 Å². The van der Waals surface area contributed by atoms with Gasteiger partial charge in [-0.1, -0.05) is 96.6 Å². The predicted octanol–water partition coefficient (Wildman–Crippen LogP) is 5.49. The molecule has 0 aliphatic carbocycles. The van der Waals surface area contributed by atoms with Crippen LogP contribution in [0.5, 0.6) is 0 Å². The molecule has 0 unspecified atom stereocenters. The van der Waals surface area contributed by atoms with Gasteiger partial charge in [-0.15, -0.1) is 0 Å². The van der Waals surface area contributed by atoms with E-state index >= 15 is 0 Å². The molecule has 0 heterocycles. The Labute approximate surface area is 202 Å². The molecule has 2 N–H and O–H groups in total. The van der Waals surface area contributed by atoms with Crippen LogP contribution < -0.4 is 5.32 Å². The number of unbranched alkanes of at least 4 members (excludes halogenated alkanes) is 3. The van der Waals surface area contributed by atoms with Crippen molar-refractivity contribution in [1.82, 2.24) is 5.32 Å². The molecular weight excluding hydrogens is 490 g/mol. The molecule has 0 radical (unpaired) electrons. The highest BCUT2D eigenvalue weighted by Gasteiger charge is 2.30. The second kappa shape index (κ2) is 14.4. The Morgan fingerprint density at radius 1 is 1.09 bits per heavy atom. The topological polar surface area (TPSA) is 75.6 Å². The van der Waals surface area contributed by atoms with Crippen molar-refractivity contribution in [2.24, 2.45) is 0 Å². The number of hydrogen-bond donors (Lipinski definition) is 2. The van der Waals surface area contributed by atoms with Crippen LogP contribution in [0, 0.1) is 6.92 Å². The van der Waals surface area contributed by atoms with Crippen molar-refractivity contribution >= 4 is 32.8 Å². The minimum atomic E-state index is -1.38. The molecule has 0 aliphatic heterocycles. The molecule has 5 nitrogen and oxygen atoms in total. The van der Waals surface area contributed by atoms with Crippen LogP contribution in [0.25, 0.3) is 0 Å². The highest BCUT2D eigenvalue weighted by atomic mass is 79.9. The normalized spacial score (nSPS) is 14.9. The van der Waals surface area contributed by atoms with E-state index in [1.54, 1.807) is 0 Å². The third-order valence-corrected chi connectivity index (χ3v) is 7.71. The van der Waals surface area contributed by atoms with Gasteiger partial charge in [0.15, 0.2) is 0 Å². The molecule has 1 amide bonds. The third-order valence-electron chi connectivity index (χ3n) is 5.24. The lowest BCUT2D eigenvalue weighted by Gasteiger charge is -2.28. The Kier molecular flexibility index (Phi) is 12.0. The number of aryl methyl sites for hydroxylation is 1. The molecule has 0 saturated carbocycles. The number of rotatable bonds is 13. The minimum absolute atomic E-state index is 0.0315. The fraction of sp³-hybridized carbons (Fsp3) is 0.480. The Morgan fingerprint density at radius 3 is 2.44 bits per heavy atom. The number of nitrogens with one attached hydrogen (secondary N) is 1. The maximum atomic E-state index is 12.8. The average molecular weight is 525 g/mol. The number of benzene rings is 2. The first kappa shape index (κ1) is 26.6. The molecule has 176 valence electrons. The van der Waals surface area contributed by atoms with Crippen LogP contribution in [0.15, 0.2) is 59.5 Å². The molecule has 7 heteroatoms. The van der Waals surface area contributed by atoms with Crippen molar-refractivity contribution in [3.63, 3.8) is 0 Å². The largest absolute Gasteiger partial charge is 0.445 e. The number of alkyl carbamates (subject to hydrolysis) is 1. The van der Waals surface area contributed by atoms with Gasteiger partial charge in [-0.3, -0.25) is 4.21 Å². The number of amides is 1. The van der Waals surface area contributed by atoms with Gasteiger partial charge < -0.3 is 15.2 Å². The lowest BCUT2D eigenvalue weighted by molar-refractivity contribution is 0.109. The number of ether oxygens (including phenoxy) is 1. The van der Waals surface area contributed by atoms with Gasteiger partial charge in [-0.2, -0.15) is 0 Å². The Morgan fingerprint density at radius 2 is 1.78 bits per heavy atom. The third kappa shape index (κ3) is 9.43. The van der Waals surface area contributed by atoms with Crippen LogP contribution in [0.3, 0.4) is 0 Å². The summed E-state index contributed by atoms with van der Waals surface area (Å²) in [4.78, 5) is 13.0. The summed E-state index contributed by atoms with van der Waals surface area (Å²) < 4.78 is 18.1. The lowest BCUT2D eigenvalue weighted by Crippen LogP contribution is -2.50. The Hall–Kier alpha value is -1.70. The Balaban J connectivity index is 2.00. The van der Waals surface area contributed by atoms with Crippen LogP contribution in [0.2, 0.25) is 0 Å². The van der Waals surface area contributed by atoms with Crippen molar-refractivity contribution in [2.75, 3.05) is 5.75 Å². The summed E-state index contributed by atoms with van der Waals surface area (Å²) in [5, 5.41) is 13.7. The van der Waals surface area contributed by atoms with Crippen LogP contribution in [-0.4, -0.2) is 38.1 Å². The Bertz CT molecular complexity index is 832. The zero-order chi connectivity index (χ0) is 23.3. The first-order chi connectivity index (χ1) is 15.4. The fourth-order valence-electron chi connectivity index (χ4n) is 3.32. The number of alkyl halides is 1. The molecular formula is C25H34BrNO4S. The van der Waals surface area contributed by atoms with E-state index in [-0.39, 0.29) is 17.2 Å². The smallest absolute Gasteiger partial charge is 0.407 e. The van der Waals surface area contributed by atoms with Crippen molar-refractivity contribution in [2.45, 2.75) is 74.4 Å². The predicted molar refractivity (Wildman–Crippen MR) is 133 cm³/mol. The summed E-state index contributed by atoms with van der Waals surface area (Å²) in [6.45, 7) is 4.27. The van der Waals surface area contributed by atoms with Crippen molar-refractivity contribution < 1.29 is 18.8 Å². The fourth-order valence-corrected chi connectivity index (χ4v) is 5.28. The summed E-state index contributed by atoms with van der Waals surface area (Å²) >= 11 is 3.65. The van der Waals surface area contributed by atoms with Gasteiger partial charge in [0.1, 0.15) is 6.61 Å². The van der Waals surface area contributed by atoms with E-state index in [9.17, 15) is 14.1 Å². The van der Waals surface area contributed by atoms with Crippen LogP contribution >= 0.6 is 15.9 Å². The number of aliphatic hydroxyl groups excluding tert-OH is 1. The first-order valence-electron chi connectivity index (χ1n) is 11.1. The zero-order valence-electron chi connectivity index (χ0n) is 18.8. The van der Waals surface area contributed by atoms with E-state index in [0.717, 1.165) is 43.2 Å². The molecule has 4 atom stereocenters. The molecule has 32 heavy (non-hydrogen) atoms. The summed E-state index contributed by atoms with van der Waals surface area (Å²) in [5.74, 6) is 0.0315. The van der Waals surface area contributed by atoms with Crippen molar-refractivity contribution in [3.05, 3.63) is 65.7 Å². The molecule has 0 aliphatic rings. The molecule has 0 spiro atoms. The van der Waals surface area contributed by atoms with E-state index in [2.05, 4.69) is 28.2 Å². The zero-order valence-corrected chi connectivity index (χ0v) is 21.2. The SMILES string of the molecule is CCCCCC[C@@H](Br)[C@@H](NC(=O)OCc1ccccc1)[C@H](O)C[S@](=O)c1ccc(C)cc1. The summed E-state index contributed by atoms with van der Waals surface area (Å²) in [6.07, 6.45) is 3.56. The summed E-state index contributed by atoms with van der Waals surface area (Å²) in [7, 11) is -1.38. The summed E-state index contributed by atoms with van der Waals surface area (Å²) in [6, 6.07) is 16.2. The molecule has 0 fully saturated rings. The van der Waals surface area contributed by atoms with Gasteiger partial charge >= 0.3 is 6.09 Å². The molecule has 0 saturated heterocycles. The van der Waals surface area contributed by atoms with E-state index in [1.165, 1.54) is 0 Å². The maximum absolute atomic E-state index is 12.8. The minimum Gasteiger partial charge on any atom is -0.445 e. The van der Waals surface area contributed by atoms with Gasteiger partial charge in [0, 0.05) is 9.72 Å². The van der Waals surface area contributed by atoms with Crippen LogP contribution in [0.1, 0.15) is 50.2 Å². The van der Waals surface area contributed by atoms with Crippen molar-refractivity contribution in [1.29, 1.82) is 0 Å². The number of carbonyl (C=O) groups is 1. The second-order valence-electron chi connectivity index (χ2n) is 7.99. The monoisotopic (exact) mass is 523 g/mol.